The molecule has 1 atom stereocenters. The van der Waals surface area contributed by atoms with Crippen LogP contribution in [0.5, 0.6) is 0 Å². The van der Waals surface area contributed by atoms with Crippen LogP contribution in [-0.2, 0) is 5.41 Å². The Morgan fingerprint density at radius 3 is 1.21 bits per heavy atom. The molecule has 0 heterocycles. The summed E-state index contributed by atoms with van der Waals surface area (Å²) in [7, 11) is 0. The van der Waals surface area contributed by atoms with Crippen molar-refractivity contribution < 1.29 is 0 Å². The molecule has 13 rings (SSSR count). The van der Waals surface area contributed by atoms with E-state index in [1.807, 2.05) is 0 Å². The van der Waals surface area contributed by atoms with Crippen LogP contribution in [0.3, 0.4) is 0 Å². The smallest absolute Gasteiger partial charge is 0.0622 e. The molecule has 0 aromatic heterocycles. The molecule has 312 valence electrons. The van der Waals surface area contributed by atoms with E-state index in [2.05, 4.69) is 267 Å². The summed E-state index contributed by atoms with van der Waals surface area (Å²) in [5.74, 6) is 0. The molecule has 0 nitrogen and oxygen atoms in total. The van der Waals surface area contributed by atoms with Crippen molar-refractivity contribution in [1.82, 2.24) is 0 Å². The molecular formula is C67H44. The molecule has 0 bridgehead atoms. The molecule has 0 aliphatic heterocycles. The molecule has 1 unspecified atom stereocenters. The number of rotatable bonds is 7. The largest absolute Gasteiger partial charge is 0.0719 e. The Morgan fingerprint density at radius 2 is 0.612 bits per heavy atom. The van der Waals surface area contributed by atoms with E-state index >= 15 is 0 Å². The normalized spacial score (nSPS) is 14.0. The highest BCUT2D eigenvalue weighted by atomic mass is 14.5. The zero-order chi connectivity index (χ0) is 44.3. The van der Waals surface area contributed by atoms with E-state index in [9.17, 15) is 0 Å². The summed E-state index contributed by atoms with van der Waals surface area (Å²) in [5, 5.41) is 7.50. The zero-order valence-corrected chi connectivity index (χ0v) is 36.9. The van der Waals surface area contributed by atoms with Gasteiger partial charge in [0.1, 0.15) is 0 Å². The molecular weight excluding hydrogens is 805 g/mol. The maximum Gasteiger partial charge on any atom is 0.0719 e. The van der Waals surface area contributed by atoms with E-state index in [-0.39, 0.29) is 0 Å². The van der Waals surface area contributed by atoms with Crippen LogP contribution in [0.1, 0.15) is 22.3 Å². The van der Waals surface area contributed by atoms with Gasteiger partial charge in [-0.3, -0.25) is 0 Å². The second-order valence-corrected chi connectivity index (χ2v) is 17.9. The highest BCUT2D eigenvalue weighted by Gasteiger charge is 2.47. The minimum atomic E-state index is -0.542. The predicted molar refractivity (Wildman–Crippen MR) is 283 cm³/mol. The lowest BCUT2D eigenvalue weighted by Gasteiger charge is -2.35. The summed E-state index contributed by atoms with van der Waals surface area (Å²) in [4.78, 5) is 0. The quantitative estimate of drug-likeness (QED) is 0.140. The molecule has 12 aromatic carbocycles. The minimum Gasteiger partial charge on any atom is -0.0622 e. The van der Waals surface area contributed by atoms with Crippen molar-refractivity contribution >= 4 is 32.3 Å². The number of hydrogen-bond acceptors (Lipinski definition) is 0. The molecule has 67 heavy (non-hydrogen) atoms. The molecule has 0 amide bonds. The Balaban J connectivity index is 1.00. The van der Waals surface area contributed by atoms with Crippen molar-refractivity contribution in [2.45, 2.75) is 5.41 Å². The van der Waals surface area contributed by atoms with Crippen molar-refractivity contribution in [2.75, 3.05) is 0 Å². The number of hydrogen-bond donors (Lipinski definition) is 0. The maximum atomic E-state index is 2.53. The summed E-state index contributed by atoms with van der Waals surface area (Å²) < 4.78 is 0. The molecule has 0 heteroatoms. The Bertz CT molecular complexity index is 3710. The lowest BCUT2D eigenvalue weighted by Crippen LogP contribution is -2.29. The molecule has 0 spiro atoms. The Kier molecular flexibility index (Phi) is 9.18. The van der Waals surface area contributed by atoms with E-state index < -0.39 is 5.41 Å². The third-order valence-corrected chi connectivity index (χ3v) is 14.3. The van der Waals surface area contributed by atoms with Crippen molar-refractivity contribution in [3.63, 3.8) is 0 Å². The fourth-order valence-corrected chi connectivity index (χ4v) is 11.4. The van der Waals surface area contributed by atoms with Crippen LogP contribution in [0.4, 0.5) is 0 Å². The van der Waals surface area contributed by atoms with Crippen molar-refractivity contribution in [1.29, 1.82) is 0 Å². The van der Waals surface area contributed by atoms with Crippen LogP contribution in [0.2, 0.25) is 0 Å². The van der Waals surface area contributed by atoms with Crippen molar-refractivity contribution in [3.05, 3.63) is 289 Å². The average Bonchev–Trinajstić information content (AvgIpc) is 3.70. The average molecular weight is 849 g/mol. The summed E-state index contributed by atoms with van der Waals surface area (Å²) in [6.07, 6.45) is 0. The van der Waals surface area contributed by atoms with Crippen LogP contribution in [0, 0.1) is 0 Å². The maximum absolute atomic E-state index is 2.53. The summed E-state index contributed by atoms with van der Waals surface area (Å²) >= 11 is 0. The lowest BCUT2D eigenvalue weighted by atomic mass is 9.66. The molecule has 0 fully saturated rings. The van der Waals surface area contributed by atoms with Gasteiger partial charge in [-0.1, -0.05) is 243 Å². The first-order valence-corrected chi connectivity index (χ1v) is 23.3. The first-order valence-electron chi connectivity index (χ1n) is 23.3. The third-order valence-electron chi connectivity index (χ3n) is 14.3. The van der Waals surface area contributed by atoms with Crippen LogP contribution < -0.4 is 0 Å². The SMILES string of the molecule is c1ccc(-c2cc(-c3ccccc3)cc(-c3ccc(-c4c5ccccc5c(-c5ccc6c(c5)C(c5ccccc5)(c5cccc7ccccc57)c5ccccc5-6)c5ccccc45)cc3)c2)cc1. The van der Waals surface area contributed by atoms with Gasteiger partial charge in [0.2, 0.25) is 0 Å². The molecule has 0 radical (unpaired) electrons. The van der Waals surface area contributed by atoms with Gasteiger partial charge < -0.3 is 0 Å². The van der Waals surface area contributed by atoms with Gasteiger partial charge in [-0.15, -0.1) is 0 Å². The predicted octanol–water partition coefficient (Wildman–Crippen LogP) is 17.8. The van der Waals surface area contributed by atoms with Gasteiger partial charge in [0.05, 0.1) is 5.41 Å². The second kappa shape index (κ2) is 15.8. The highest BCUT2D eigenvalue weighted by Crippen LogP contribution is 2.58. The molecule has 0 saturated heterocycles. The fraction of sp³-hybridized carbons (Fsp3) is 0.0149. The van der Waals surface area contributed by atoms with E-state index in [0.29, 0.717) is 0 Å². The zero-order valence-electron chi connectivity index (χ0n) is 36.9. The van der Waals surface area contributed by atoms with E-state index in [1.165, 1.54) is 121 Å². The van der Waals surface area contributed by atoms with Crippen molar-refractivity contribution in [3.8, 4) is 66.8 Å². The molecule has 1 aliphatic rings. The van der Waals surface area contributed by atoms with Crippen LogP contribution in [-0.4, -0.2) is 0 Å². The van der Waals surface area contributed by atoms with Crippen LogP contribution >= 0.6 is 0 Å². The van der Waals surface area contributed by atoms with Gasteiger partial charge in [0.25, 0.3) is 0 Å². The van der Waals surface area contributed by atoms with Gasteiger partial charge in [0, 0.05) is 0 Å². The summed E-state index contributed by atoms with van der Waals surface area (Å²) in [6, 6.07) is 99.0. The second-order valence-electron chi connectivity index (χ2n) is 17.9. The van der Waals surface area contributed by atoms with Crippen LogP contribution in [0.25, 0.3) is 99.1 Å². The molecule has 0 saturated carbocycles. The Labute approximate surface area is 391 Å². The van der Waals surface area contributed by atoms with Gasteiger partial charge in [-0.05, 0) is 146 Å². The number of fused-ring (bicyclic) bond motifs is 6. The highest BCUT2D eigenvalue weighted by molar-refractivity contribution is 6.21. The van der Waals surface area contributed by atoms with E-state index in [4.69, 9.17) is 0 Å². The summed E-state index contributed by atoms with van der Waals surface area (Å²) in [6.45, 7) is 0. The summed E-state index contributed by atoms with van der Waals surface area (Å²) in [5.41, 5.74) is 19.4. The standard InChI is InChI=1S/C67H44/c1-4-19-45(20-5-1)51-41-52(46-21-6-2-7-22-46)43-53(42-51)47-35-37-49(38-36-47)65-58-29-12-14-31-60(58)66(61-32-15-13-30-59(61)65)50-39-40-57-56-28-16-17-33-63(56)67(64(57)44-50,54-25-8-3-9-26-54)62-34-18-24-48-23-10-11-27-55(48)62/h1-44H. The van der Waals surface area contributed by atoms with Gasteiger partial charge in [0.15, 0.2) is 0 Å². The first-order chi connectivity index (χ1) is 33.2. The monoisotopic (exact) mass is 848 g/mol. The lowest BCUT2D eigenvalue weighted by molar-refractivity contribution is 0.777. The van der Waals surface area contributed by atoms with E-state index in [0.717, 1.165) is 0 Å². The van der Waals surface area contributed by atoms with Gasteiger partial charge >= 0.3 is 0 Å². The first kappa shape index (κ1) is 38.8. The molecule has 1 aliphatic carbocycles. The Morgan fingerprint density at radius 1 is 0.209 bits per heavy atom. The van der Waals surface area contributed by atoms with Crippen molar-refractivity contribution in [2.24, 2.45) is 0 Å². The van der Waals surface area contributed by atoms with Crippen LogP contribution in [0.15, 0.2) is 267 Å². The van der Waals surface area contributed by atoms with Gasteiger partial charge in [-0.25, -0.2) is 0 Å². The third kappa shape index (κ3) is 6.22. The Hall–Kier alpha value is -8.58. The molecule has 0 N–H and O–H groups in total. The van der Waals surface area contributed by atoms with E-state index in [1.54, 1.807) is 0 Å². The fourth-order valence-electron chi connectivity index (χ4n) is 11.4. The minimum absolute atomic E-state index is 0.542. The number of benzene rings is 12. The van der Waals surface area contributed by atoms with Gasteiger partial charge in [-0.2, -0.15) is 0 Å². The molecule has 12 aromatic rings. The topological polar surface area (TPSA) is 0 Å².